The van der Waals surface area contributed by atoms with Gasteiger partial charge in [-0.15, -0.1) is 0 Å². The Bertz CT molecular complexity index is 1840. The Morgan fingerprint density at radius 3 is 1.79 bits per heavy atom. The Morgan fingerprint density at radius 1 is 0.736 bits per heavy atom. The van der Waals surface area contributed by atoms with Crippen LogP contribution in [0, 0.1) is 3.70 Å². The van der Waals surface area contributed by atoms with Gasteiger partial charge in [0.05, 0.1) is 36.5 Å². The molecule has 14 nitrogen and oxygen atoms in total. The standard InChI is InChI=1S/C17H18ClN3O4S.C12H14ClNO4.C5H5IN2S/c1-26-17-19-5-4-14(21-17)20-9-2-3-12(10(18)6-9)25-13-8-24-15-11(22)7-23-16(13)15;13-7-3-6(14)1-2-9(7)18-10-5-17-11-8(15)4-16-12(10)11;1-9-5-7-3-2-4(6)8-5/h2-6,11,13,15-16,22H,7-8H2,1H3,(H,19,20,21);1-3,8,10-12,15H,4-5,14H2;2-3H,1H3/t11-,13?,15+,16+;8-,10?,11+,12+;/m00./s1. The second kappa shape index (κ2) is 18.9. The molecular formula is C34H37Cl2IN6O8S2. The number of hydrogen-bond acceptors (Lipinski definition) is 16. The number of benzene rings is 2. The minimum Gasteiger partial charge on any atom is -0.484 e. The van der Waals surface area contributed by atoms with Crippen LogP contribution >= 0.6 is 69.3 Å². The molecule has 0 amide bonds. The summed E-state index contributed by atoms with van der Waals surface area (Å²) in [4.78, 5) is 16.7. The minimum absolute atomic E-state index is 0.242. The maximum atomic E-state index is 9.80. The van der Waals surface area contributed by atoms with Gasteiger partial charge in [-0.3, -0.25) is 0 Å². The fraction of sp³-hybridized carbons (Fsp3) is 0.412. The lowest BCUT2D eigenvalue weighted by Crippen LogP contribution is -2.34. The summed E-state index contributed by atoms with van der Waals surface area (Å²) in [5.74, 6) is 1.78. The van der Waals surface area contributed by atoms with Crippen LogP contribution in [0.2, 0.25) is 10.0 Å². The van der Waals surface area contributed by atoms with E-state index in [-0.39, 0.29) is 49.8 Å². The van der Waals surface area contributed by atoms with Crippen LogP contribution in [0.5, 0.6) is 11.5 Å². The highest BCUT2D eigenvalue weighted by Crippen LogP contribution is 2.35. The largest absolute Gasteiger partial charge is 0.484 e. The third-order valence-electron chi connectivity index (χ3n) is 8.28. The fourth-order valence-electron chi connectivity index (χ4n) is 5.78. The molecule has 2 aromatic carbocycles. The zero-order chi connectivity index (χ0) is 37.5. The van der Waals surface area contributed by atoms with Crippen molar-refractivity contribution in [2.24, 2.45) is 0 Å². The summed E-state index contributed by atoms with van der Waals surface area (Å²) < 4.78 is 34.8. The Balaban J connectivity index is 0.000000153. The molecule has 0 aliphatic carbocycles. The van der Waals surface area contributed by atoms with Crippen LogP contribution in [-0.2, 0) is 18.9 Å². The van der Waals surface area contributed by atoms with Gasteiger partial charge in [0.1, 0.15) is 57.6 Å². The van der Waals surface area contributed by atoms with Gasteiger partial charge in [-0.1, -0.05) is 46.7 Å². The van der Waals surface area contributed by atoms with Crippen molar-refractivity contribution in [2.75, 3.05) is 50.0 Å². The minimum atomic E-state index is -0.602. The summed E-state index contributed by atoms with van der Waals surface area (Å²) >= 11 is 17.6. The van der Waals surface area contributed by atoms with E-state index in [9.17, 15) is 10.2 Å². The summed E-state index contributed by atoms with van der Waals surface area (Å²) in [6, 6.07) is 14.2. The van der Waals surface area contributed by atoms with Gasteiger partial charge in [-0.25, -0.2) is 19.9 Å². The zero-order valence-corrected chi connectivity index (χ0v) is 33.7. The first kappa shape index (κ1) is 40.2. The van der Waals surface area contributed by atoms with E-state index in [4.69, 9.17) is 57.4 Å². The number of aliphatic hydroxyl groups is 2. The van der Waals surface area contributed by atoms with E-state index >= 15 is 0 Å². The monoisotopic (exact) mass is 918 g/mol. The zero-order valence-electron chi connectivity index (χ0n) is 28.4. The lowest BCUT2D eigenvalue weighted by molar-refractivity contribution is 0.00863. The van der Waals surface area contributed by atoms with Crippen LogP contribution in [0.1, 0.15) is 0 Å². The number of nitrogens with one attached hydrogen (secondary N) is 1. The molecule has 53 heavy (non-hydrogen) atoms. The molecule has 4 aromatic rings. The molecule has 4 aliphatic heterocycles. The molecule has 19 heteroatoms. The maximum absolute atomic E-state index is 9.80. The lowest BCUT2D eigenvalue weighted by Gasteiger charge is -2.19. The highest BCUT2D eigenvalue weighted by molar-refractivity contribution is 14.1. The molecule has 2 unspecified atom stereocenters. The first-order valence-corrected chi connectivity index (χ1v) is 20.6. The van der Waals surface area contributed by atoms with Crippen LogP contribution in [0.3, 0.4) is 0 Å². The second-order valence-electron chi connectivity index (χ2n) is 11.9. The number of rotatable bonds is 8. The number of aromatic nitrogens is 4. The highest BCUT2D eigenvalue weighted by Gasteiger charge is 2.49. The predicted molar refractivity (Wildman–Crippen MR) is 211 cm³/mol. The van der Waals surface area contributed by atoms with Gasteiger partial charge < -0.3 is 49.7 Å². The Morgan fingerprint density at radius 2 is 1.26 bits per heavy atom. The molecule has 4 fully saturated rings. The van der Waals surface area contributed by atoms with Crippen molar-refractivity contribution >= 4 is 86.5 Å². The van der Waals surface area contributed by atoms with E-state index in [0.717, 1.165) is 14.5 Å². The predicted octanol–water partition coefficient (Wildman–Crippen LogP) is 5.13. The van der Waals surface area contributed by atoms with Gasteiger partial charge in [0.2, 0.25) is 0 Å². The number of hydrogen-bond donors (Lipinski definition) is 4. The molecule has 0 radical (unpaired) electrons. The quantitative estimate of drug-likeness (QED) is 0.0599. The van der Waals surface area contributed by atoms with E-state index in [0.29, 0.717) is 51.4 Å². The molecule has 8 atom stereocenters. The highest BCUT2D eigenvalue weighted by atomic mass is 127. The van der Waals surface area contributed by atoms with Gasteiger partial charge in [-0.2, -0.15) is 0 Å². The number of nitrogens with two attached hydrogens (primary N) is 1. The van der Waals surface area contributed by atoms with Crippen molar-refractivity contribution < 1.29 is 38.6 Å². The number of thioether (sulfide) groups is 2. The third kappa shape index (κ3) is 10.5. The van der Waals surface area contributed by atoms with Crippen LogP contribution in [0.4, 0.5) is 17.2 Å². The van der Waals surface area contributed by atoms with Gasteiger partial charge in [0.15, 0.2) is 22.5 Å². The average Bonchev–Trinajstić information content (AvgIpc) is 3.93. The molecular weight excluding hydrogens is 882 g/mol. The maximum Gasteiger partial charge on any atom is 0.189 e. The number of nitrogen functional groups attached to an aromatic ring is 1. The van der Waals surface area contributed by atoms with Crippen molar-refractivity contribution in [1.29, 1.82) is 0 Å². The Hall–Kier alpha value is -2.43. The second-order valence-corrected chi connectivity index (χ2v) is 15.4. The molecule has 4 aliphatic rings. The van der Waals surface area contributed by atoms with E-state index in [2.05, 4.69) is 47.8 Å². The van der Waals surface area contributed by atoms with Crippen LogP contribution in [0.15, 0.2) is 71.2 Å². The molecule has 8 rings (SSSR count). The van der Waals surface area contributed by atoms with Crippen LogP contribution in [0.25, 0.3) is 0 Å². The first-order valence-electron chi connectivity index (χ1n) is 16.3. The van der Waals surface area contributed by atoms with E-state index in [1.807, 2.05) is 24.6 Å². The van der Waals surface area contributed by atoms with Crippen molar-refractivity contribution in [2.45, 2.75) is 59.1 Å². The van der Waals surface area contributed by atoms with Crippen molar-refractivity contribution in [3.8, 4) is 11.5 Å². The molecule has 2 aromatic heterocycles. The van der Waals surface area contributed by atoms with Crippen molar-refractivity contribution in [3.63, 3.8) is 0 Å². The summed E-state index contributed by atoms with van der Waals surface area (Å²) in [5, 5.41) is 25.1. The Kier molecular flexibility index (Phi) is 14.4. The topological polar surface area (TPSA) is 185 Å². The summed E-state index contributed by atoms with van der Waals surface area (Å²) in [6.07, 6.45) is 4.47. The van der Waals surface area contributed by atoms with Crippen molar-refractivity contribution in [1.82, 2.24) is 19.9 Å². The molecule has 5 N–H and O–H groups in total. The summed E-state index contributed by atoms with van der Waals surface area (Å²) in [7, 11) is 0. The molecule has 6 heterocycles. The fourth-order valence-corrected chi connectivity index (χ4v) is 7.50. The molecule has 284 valence electrons. The number of ether oxygens (including phenoxy) is 6. The summed E-state index contributed by atoms with van der Waals surface area (Å²) in [6.45, 7) is 1.29. The van der Waals surface area contributed by atoms with E-state index in [1.165, 1.54) is 11.8 Å². The van der Waals surface area contributed by atoms with E-state index < -0.39 is 12.2 Å². The first-order chi connectivity index (χ1) is 25.6. The number of fused-ring (bicyclic) bond motifs is 2. The van der Waals surface area contributed by atoms with Crippen molar-refractivity contribution in [3.05, 3.63) is 74.7 Å². The number of halogens is 3. The smallest absolute Gasteiger partial charge is 0.189 e. The lowest BCUT2D eigenvalue weighted by atomic mass is 10.1. The molecule has 0 saturated carbocycles. The number of nitrogens with zero attached hydrogens (tertiary/aromatic N) is 4. The number of aliphatic hydroxyl groups excluding tert-OH is 2. The number of anilines is 3. The van der Waals surface area contributed by atoms with Gasteiger partial charge in [0.25, 0.3) is 0 Å². The van der Waals surface area contributed by atoms with Gasteiger partial charge in [0, 0.05) is 23.8 Å². The SMILES string of the molecule is CSc1nccc(I)n1.CSc1nccc(Nc2ccc(OC3CO[C@H]4[C@@H]3OC[C@@H]4O)c(Cl)c2)n1.Nc1ccc(OC2CO[C@H]3[C@@H]2OC[C@@H]3O)c(Cl)c1. The summed E-state index contributed by atoms with van der Waals surface area (Å²) in [5.41, 5.74) is 6.99. The third-order valence-corrected chi connectivity index (χ3v) is 10.6. The average molecular weight is 920 g/mol. The normalized spacial score (nSPS) is 26.8. The van der Waals surface area contributed by atoms with Crippen LogP contribution in [-0.4, -0.2) is 118 Å². The van der Waals surface area contributed by atoms with Crippen LogP contribution < -0.4 is 20.5 Å². The van der Waals surface area contributed by atoms with Gasteiger partial charge in [-0.05, 0) is 83.6 Å². The van der Waals surface area contributed by atoms with Gasteiger partial charge >= 0.3 is 0 Å². The van der Waals surface area contributed by atoms with E-state index in [1.54, 1.807) is 60.6 Å². The Labute approximate surface area is 338 Å². The molecule has 0 bridgehead atoms. The molecule has 4 saturated heterocycles. The molecule has 0 spiro atoms.